The molecule has 0 saturated heterocycles. The molecule has 0 saturated carbocycles. The Morgan fingerprint density at radius 3 is 1.71 bits per heavy atom. The fourth-order valence-corrected chi connectivity index (χ4v) is 0.704. The predicted molar refractivity (Wildman–Crippen MR) is 61.7 cm³/mol. The van der Waals surface area contributed by atoms with Crippen LogP contribution in [0.2, 0.25) is 0 Å². The van der Waals surface area contributed by atoms with E-state index in [1.165, 1.54) is 0 Å². The number of nitrogens with two attached hydrogens (primary N) is 1. The maximum absolute atomic E-state index is 9.70. The van der Waals surface area contributed by atoms with Crippen molar-refractivity contribution in [2.45, 2.75) is 12.8 Å². The molecule has 0 aliphatic rings. The Hall–Kier alpha value is -0.730. The molecule has 0 aliphatic heterocycles. The van der Waals surface area contributed by atoms with Crippen LogP contribution < -0.4 is 5.73 Å². The van der Waals surface area contributed by atoms with Crippen LogP contribution in [0.3, 0.4) is 0 Å². The molecule has 0 atom stereocenters. The van der Waals surface area contributed by atoms with E-state index in [9.17, 15) is 4.79 Å². The van der Waals surface area contributed by atoms with Crippen LogP contribution in [-0.2, 0) is 14.3 Å². The molecule has 0 heterocycles. The maximum atomic E-state index is 9.70. The smallest absolute Gasteiger partial charge is 0.303 e. The quantitative estimate of drug-likeness (QED) is 0.361. The molecule has 0 bridgehead atoms. The van der Waals surface area contributed by atoms with E-state index in [-0.39, 0.29) is 19.6 Å². The molecule has 0 aliphatic carbocycles. The van der Waals surface area contributed by atoms with Gasteiger partial charge in [-0.1, -0.05) is 0 Å². The average molecular weight is 253 g/mol. The van der Waals surface area contributed by atoms with Gasteiger partial charge in [-0.05, 0) is 13.0 Å². The van der Waals surface area contributed by atoms with Crippen molar-refractivity contribution in [3.63, 3.8) is 0 Å². The number of carboxylic acids is 1. The van der Waals surface area contributed by atoms with Crippen LogP contribution in [0.4, 0.5) is 0 Å². The first-order valence-corrected chi connectivity index (χ1v) is 5.48. The molecule has 0 rings (SSSR count). The van der Waals surface area contributed by atoms with Crippen molar-refractivity contribution in [2.24, 2.45) is 5.73 Å². The van der Waals surface area contributed by atoms with Crippen LogP contribution in [0.15, 0.2) is 0 Å². The molecule has 0 aromatic rings. The van der Waals surface area contributed by atoms with Gasteiger partial charge < -0.3 is 30.5 Å². The Morgan fingerprint density at radius 2 is 1.47 bits per heavy atom. The van der Waals surface area contributed by atoms with Crippen molar-refractivity contribution in [1.29, 1.82) is 0 Å². The van der Waals surface area contributed by atoms with Gasteiger partial charge in [0.05, 0.1) is 39.6 Å². The summed E-state index contributed by atoms with van der Waals surface area (Å²) in [7, 11) is 0. The number of carboxylic acid groups (broad SMARTS) is 1. The first kappa shape index (κ1) is 18.6. The number of aliphatic hydroxyl groups is 2. The normalized spacial score (nSPS) is 9.59. The highest BCUT2D eigenvalue weighted by atomic mass is 16.5. The molecule has 0 aromatic carbocycles. The van der Waals surface area contributed by atoms with Gasteiger partial charge >= 0.3 is 5.97 Å². The zero-order chi connectivity index (χ0) is 13.4. The zero-order valence-corrected chi connectivity index (χ0v) is 10.0. The third-order valence-electron chi connectivity index (χ3n) is 1.44. The molecule has 104 valence electrons. The number of ether oxygens (including phenoxy) is 2. The summed E-state index contributed by atoms with van der Waals surface area (Å²) in [5, 5.41) is 24.5. The highest BCUT2D eigenvalue weighted by molar-refractivity contribution is 5.66. The summed E-state index contributed by atoms with van der Waals surface area (Å²) >= 11 is 0. The molecule has 7 heteroatoms. The standard InChI is InChI=1S/C6H14O4.C4H9NO2/c7-1-3-9-5-6-10-4-2-8;5-3-1-2-4(6)7/h7-8H,1-6H2;1-3,5H2,(H,6,7). The van der Waals surface area contributed by atoms with Gasteiger partial charge in [0.15, 0.2) is 0 Å². The van der Waals surface area contributed by atoms with E-state index in [0.717, 1.165) is 0 Å². The largest absolute Gasteiger partial charge is 0.481 e. The first-order valence-electron chi connectivity index (χ1n) is 5.48. The lowest BCUT2D eigenvalue weighted by atomic mass is 10.3. The van der Waals surface area contributed by atoms with Gasteiger partial charge in [-0.2, -0.15) is 0 Å². The summed E-state index contributed by atoms with van der Waals surface area (Å²) in [6, 6.07) is 0. The molecular formula is C10H23NO6. The van der Waals surface area contributed by atoms with Crippen molar-refractivity contribution >= 4 is 5.97 Å². The molecule has 0 radical (unpaired) electrons. The zero-order valence-electron chi connectivity index (χ0n) is 10.0. The Kier molecular flexibility index (Phi) is 19.4. The summed E-state index contributed by atoms with van der Waals surface area (Å²) in [5.41, 5.74) is 5.01. The van der Waals surface area contributed by atoms with Crippen molar-refractivity contribution in [2.75, 3.05) is 46.2 Å². The summed E-state index contributed by atoms with van der Waals surface area (Å²) < 4.78 is 9.75. The van der Waals surface area contributed by atoms with Crippen LogP contribution in [0.1, 0.15) is 12.8 Å². The molecule has 7 nitrogen and oxygen atoms in total. The molecule has 0 amide bonds. The van der Waals surface area contributed by atoms with Gasteiger partial charge in [-0.15, -0.1) is 0 Å². The third-order valence-corrected chi connectivity index (χ3v) is 1.44. The number of aliphatic carboxylic acids is 1. The number of aliphatic hydroxyl groups excluding tert-OH is 2. The summed E-state index contributed by atoms with van der Waals surface area (Å²) in [6.45, 7) is 2.19. The van der Waals surface area contributed by atoms with Gasteiger partial charge in [0.1, 0.15) is 0 Å². The van der Waals surface area contributed by atoms with Crippen LogP contribution in [0.5, 0.6) is 0 Å². The second-order valence-electron chi connectivity index (χ2n) is 2.96. The van der Waals surface area contributed by atoms with Crippen LogP contribution in [0, 0.1) is 0 Å². The second-order valence-corrected chi connectivity index (χ2v) is 2.96. The molecular weight excluding hydrogens is 230 g/mol. The van der Waals surface area contributed by atoms with E-state index in [1.807, 2.05) is 0 Å². The van der Waals surface area contributed by atoms with E-state index in [2.05, 4.69) is 0 Å². The van der Waals surface area contributed by atoms with Gasteiger partial charge in [0.25, 0.3) is 0 Å². The molecule has 5 N–H and O–H groups in total. The fraction of sp³-hybridized carbons (Fsp3) is 0.900. The van der Waals surface area contributed by atoms with E-state index >= 15 is 0 Å². The Labute approximate surface area is 101 Å². The maximum Gasteiger partial charge on any atom is 0.303 e. The molecule has 0 spiro atoms. The van der Waals surface area contributed by atoms with Gasteiger partial charge in [0, 0.05) is 6.42 Å². The van der Waals surface area contributed by atoms with E-state index in [1.54, 1.807) is 0 Å². The van der Waals surface area contributed by atoms with Crippen LogP contribution >= 0.6 is 0 Å². The number of hydrogen-bond donors (Lipinski definition) is 4. The topological polar surface area (TPSA) is 122 Å². The first-order chi connectivity index (χ1) is 8.18. The van der Waals surface area contributed by atoms with Gasteiger partial charge in [-0.25, -0.2) is 0 Å². The summed E-state index contributed by atoms with van der Waals surface area (Å²) in [5.74, 6) is -0.773. The minimum atomic E-state index is -0.773. The highest BCUT2D eigenvalue weighted by Gasteiger charge is 1.91. The summed E-state index contributed by atoms with van der Waals surface area (Å²) in [6.07, 6.45) is 0.770. The Balaban J connectivity index is 0. The molecule has 0 unspecified atom stereocenters. The van der Waals surface area contributed by atoms with Crippen LogP contribution in [0.25, 0.3) is 0 Å². The average Bonchev–Trinajstić information content (AvgIpc) is 2.32. The van der Waals surface area contributed by atoms with E-state index in [0.29, 0.717) is 39.4 Å². The molecule has 0 aromatic heterocycles. The molecule has 0 fully saturated rings. The van der Waals surface area contributed by atoms with Crippen LogP contribution in [-0.4, -0.2) is 67.5 Å². The lowest BCUT2D eigenvalue weighted by molar-refractivity contribution is -0.137. The van der Waals surface area contributed by atoms with Crippen molar-refractivity contribution < 1.29 is 29.6 Å². The highest BCUT2D eigenvalue weighted by Crippen LogP contribution is 1.82. The minimum absolute atomic E-state index is 0.0417. The van der Waals surface area contributed by atoms with Gasteiger partial charge in [0.2, 0.25) is 0 Å². The van der Waals surface area contributed by atoms with Gasteiger partial charge in [-0.3, -0.25) is 4.79 Å². The van der Waals surface area contributed by atoms with Crippen molar-refractivity contribution in [3.8, 4) is 0 Å². The minimum Gasteiger partial charge on any atom is -0.481 e. The van der Waals surface area contributed by atoms with E-state index in [4.69, 9.17) is 30.5 Å². The Morgan fingerprint density at radius 1 is 1.00 bits per heavy atom. The lowest BCUT2D eigenvalue weighted by Crippen LogP contribution is -2.09. The number of carbonyl (C=O) groups is 1. The third kappa shape index (κ3) is 25.5. The fourth-order valence-electron chi connectivity index (χ4n) is 0.704. The monoisotopic (exact) mass is 253 g/mol. The Bertz CT molecular complexity index is 148. The predicted octanol–water partition coefficient (Wildman–Crippen LogP) is -1.19. The number of hydrogen-bond acceptors (Lipinski definition) is 6. The van der Waals surface area contributed by atoms with Crippen molar-refractivity contribution in [1.82, 2.24) is 0 Å². The second kappa shape index (κ2) is 17.7. The number of rotatable bonds is 10. The molecule has 17 heavy (non-hydrogen) atoms. The SMILES string of the molecule is NCCCC(=O)O.OCCOCCOCCO. The van der Waals surface area contributed by atoms with E-state index < -0.39 is 5.97 Å². The lowest BCUT2D eigenvalue weighted by Gasteiger charge is -2.01. The summed E-state index contributed by atoms with van der Waals surface area (Å²) in [4.78, 5) is 9.70. The van der Waals surface area contributed by atoms with Crippen molar-refractivity contribution in [3.05, 3.63) is 0 Å².